The molecule has 0 radical (unpaired) electrons. The summed E-state index contributed by atoms with van der Waals surface area (Å²) >= 11 is 0. The largest absolute Gasteiger partial charge is 0.508 e. The summed E-state index contributed by atoms with van der Waals surface area (Å²) in [5.41, 5.74) is 2.46. The van der Waals surface area contributed by atoms with Crippen molar-refractivity contribution in [2.75, 3.05) is 0 Å². The number of phenols is 3. The van der Waals surface area contributed by atoms with E-state index in [1.54, 1.807) is 44.2 Å². The van der Waals surface area contributed by atoms with Crippen molar-refractivity contribution in [1.82, 2.24) is 0 Å². The van der Waals surface area contributed by atoms with Crippen LogP contribution < -0.4 is 0 Å². The Labute approximate surface area is 99.6 Å². The van der Waals surface area contributed by atoms with Crippen LogP contribution in [-0.2, 0) is 0 Å². The van der Waals surface area contributed by atoms with Gasteiger partial charge in [-0.3, -0.25) is 0 Å². The molecule has 3 N–H and O–H groups in total. The molecule has 2 rings (SSSR count). The van der Waals surface area contributed by atoms with Gasteiger partial charge in [-0.25, -0.2) is 0 Å². The standard InChI is InChI=1S/C14H14O3/c1-8-6-12(14(17)9(2)13(8)16)10-4-3-5-11(15)7-10/h3-7,15-17H,1-2H3. The van der Waals surface area contributed by atoms with Crippen molar-refractivity contribution >= 4 is 0 Å². The Balaban J connectivity index is 2.68. The highest BCUT2D eigenvalue weighted by Crippen LogP contribution is 2.39. The first-order valence-corrected chi connectivity index (χ1v) is 5.32. The van der Waals surface area contributed by atoms with Crippen molar-refractivity contribution in [3.05, 3.63) is 41.5 Å². The fourth-order valence-electron chi connectivity index (χ4n) is 1.86. The first-order chi connectivity index (χ1) is 8.00. The van der Waals surface area contributed by atoms with Crippen LogP contribution in [0.25, 0.3) is 11.1 Å². The highest BCUT2D eigenvalue weighted by molar-refractivity contribution is 5.75. The van der Waals surface area contributed by atoms with Gasteiger partial charge in [0, 0.05) is 11.1 Å². The molecule has 0 amide bonds. The molecule has 0 unspecified atom stereocenters. The van der Waals surface area contributed by atoms with Crippen LogP contribution in [0.4, 0.5) is 0 Å². The molecule has 0 fully saturated rings. The van der Waals surface area contributed by atoms with Crippen molar-refractivity contribution in [2.24, 2.45) is 0 Å². The van der Waals surface area contributed by atoms with E-state index < -0.39 is 0 Å². The van der Waals surface area contributed by atoms with Crippen LogP contribution in [0.1, 0.15) is 11.1 Å². The predicted molar refractivity (Wildman–Crippen MR) is 66.3 cm³/mol. The fourth-order valence-corrected chi connectivity index (χ4v) is 1.86. The zero-order valence-electron chi connectivity index (χ0n) is 9.73. The van der Waals surface area contributed by atoms with Gasteiger partial charge in [-0.05, 0) is 43.2 Å². The lowest BCUT2D eigenvalue weighted by atomic mass is 9.98. The average molecular weight is 230 g/mol. The Morgan fingerprint density at radius 1 is 0.882 bits per heavy atom. The number of aromatic hydroxyl groups is 3. The van der Waals surface area contributed by atoms with Gasteiger partial charge in [-0.2, -0.15) is 0 Å². The Kier molecular flexibility index (Phi) is 2.68. The van der Waals surface area contributed by atoms with Crippen LogP contribution in [0.5, 0.6) is 17.2 Å². The van der Waals surface area contributed by atoms with Crippen molar-refractivity contribution in [3.8, 4) is 28.4 Å². The predicted octanol–water partition coefficient (Wildman–Crippen LogP) is 3.09. The van der Waals surface area contributed by atoms with E-state index in [-0.39, 0.29) is 17.2 Å². The molecule has 0 saturated carbocycles. The van der Waals surface area contributed by atoms with E-state index in [1.807, 2.05) is 0 Å². The van der Waals surface area contributed by atoms with E-state index >= 15 is 0 Å². The molecule has 88 valence electrons. The van der Waals surface area contributed by atoms with Crippen LogP contribution >= 0.6 is 0 Å². The van der Waals surface area contributed by atoms with Gasteiger partial charge in [-0.1, -0.05) is 12.1 Å². The normalized spacial score (nSPS) is 10.5. The third-order valence-electron chi connectivity index (χ3n) is 2.86. The lowest BCUT2D eigenvalue weighted by Gasteiger charge is -2.11. The van der Waals surface area contributed by atoms with Gasteiger partial charge >= 0.3 is 0 Å². The molecule has 3 nitrogen and oxygen atoms in total. The van der Waals surface area contributed by atoms with Gasteiger partial charge in [0.15, 0.2) is 0 Å². The molecule has 3 heteroatoms. The third-order valence-corrected chi connectivity index (χ3v) is 2.86. The number of benzene rings is 2. The summed E-state index contributed by atoms with van der Waals surface area (Å²) in [7, 11) is 0. The van der Waals surface area contributed by atoms with Gasteiger partial charge in [0.2, 0.25) is 0 Å². The molecule has 0 aliphatic carbocycles. The second-order valence-electron chi connectivity index (χ2n) is 4.11. The summed E-state index contributed by atoms with van der Waals surface area (Å²) in [4.78, 5) is 0. The molecule has 0 atom stereocenters. The second-order valence-corrected chi connectivity index (χ2v) is 4.11. The summed E-state index contributed by atoms with van der Waals surface area (Å²) in [5, 5.41) is 29.1. The SMILES string of the molecule is Cc1cc(-c2cccc(O)c2)c(O)c(C)c1O. The molecule has 0 saturated heterocycles. The van der Waals surface area contributed by atoms with E-state index in [9.17, 15) is 15.3 Å². The average Bonchev–Trinajstić information content (AvgIpc) is 2.31. The number of hydrogen-bond acceptors (Lipinski definition) is 3. The molecule has 0 aliphatic heterocycles. The topological polar surface area (TPSA) is 60.7 Å². The first kappa shape index (κ1) is 11.3. The molecule has 0 spiro atoms. The molecule has 0 aliphatic rings. The van der Waals surface area contributed by atoms with Crippen molar-refractivity contribution < 1.29 is 15.3 Å². The van der Waals surface area contributed by atoms with Crippen LogP contribution in [0.15, 0.2) is 30.3 Å². The second kappa shape index (κ2) is 4.01. The summed E-state index contributed by atoms with van der Waals surface area (Å²) in [5.74, 6) is 0.287. The van der Waals surface area contributed by atoms with Gasteiger partial charge < -0.3 is 15.3 Å². The van der Waals surface area contributed by atoms with Crippen LogP contribution in [0, 0.1) is 13.8 Å². The fraction of sp³-hybridized carbons (Fsp3) is 0.143. The highest BCUT2D eigenvalue weighted by Gasteiger charge is 2.13. The molecule has 0 aromatic heterocycles. The van der Waals surface area contributed by atoms with Gasteiger partial charge in [0.05, 0.1) is 0 Å². The molecule has 2 aromatic rings. The summed E-state index contributed by atoms with van der Waals surface area (Å²) in [6.07, 6.45) is 0. The minimum absolute atomic E-state index is 0.0405. The van der Waals surface area contributed by atoms with Crippen molar-refractivity contribution in [2.45, 2.75) is 13.8 Å². The lowest BCUT2D eigenvalue weighted by molar-refractivity contribution is 0.442. The van der Waals surface area contributed by atoms with Crippen LogP contribution in [-0.4, -0.2) is 15.3 Å². The molecular formula is C14H14O3. The van der Waals surface area contributed by atoms with Gasteiger partial charge in [0.1, 0.15) is 17.2 Å². The maximum Gasteiger partial charge on any atom is 0.130 e. The maximum atomic E-state index is 10.0. The zero-order valence-corrected chi connectivity index (χ0v) is 9.73. The molecular weight excluding hydrogens is 216 g/mol. The number of phenolic OH excluding ortho intramolecular Hbond substituents is 3. The van der Waals surface area contributed by atoms with Gasteiger partial charge in [0.25, 0.3) is 0 Å². The first-order valence-electron chi connectivity index (χ1n) is 5.32. The Hall–Kier alpha value is -2.16. The number of aryl methyl sites for hydroxylation is 1. The molecule has 17 heavy (non-hydrogen) atoms. The van der Waals surface area contributed by atoms with E-state index in [2.05, 4.69) is 0 Å². The quantitative estimate of drug-likeness (QED) is 0.705. The Morgan fingerprint density at radius 3 is 2.24 bits per heavy atom. The van der Waals surface area contributed by atoms with Gasteiger partial charge in [-0.15, -0.1) is 0 Å². The lowest BCUT2D eigenvalue weighted by Crippen LogP contribution is -1.87. The van der Waals surface area contributed by atoms with Crippen LogP contribution in [0.2, 0.25) is 0 Å². The molecule has 0 bridgehead atoms. The number of rotatable bonds is 1. The summed E-state index contributed by atoms with van der Waals surface area (Å²) in [6, 6.07) is 8.35. The number of hydrogen-bond donors (Lipinski definition) is 3. The van der Waals surface area contributed by atoms with E-state index in [4.69, 9.17) is 0 Å². The minimum atomic E-state index is 0.0405. The molecule has 2 aromatic carbocycles. The minimum Gasteiger partial charge on any atom is -0.508 e. The van der Waals surface area contributed by atoms with E-state index in [0.29, 0.717) is 22.3 Å². The van der Waals surface area contributed by atoms with Crippen molar-refractivity contribution in [3.63, 3.8) is 0 Å². The maximum absolute atomic E-state index is 10.0. The van der Waals surface area contributed by atoms with Crippen molar-refractivity contribution in [1.29, 1.82) is 0 Å². The third kappa shape index (κ3) is 1.91. The zero-order chi connectivity index (χ0) is 12.6. The monoisotopic (exact) mass is 230 g/mol. The van der Waals surface area contributed by atoms with E-state index in [1.165, 1.54) is 0 Å². The van der Waals surface area contributed by atoms with E-state index in [0.717, 1.165) is 0 Å². The Bertz CT molecular complexity index is 574. The Morgan fingerprint density at radius 2 is 1.59 bits per heavy atom. The smallest absolute Gasteiger partial charge is 0.130 e. The molecule has 0 heterocycles. The summed E-state index contributed by atoms with van der Waals surface area (Å²) < 4.78 is 0. The highest BCUT2D eigenvalue weighted by atomic mass is 16.3. The van der Waals surface area contributed by atoms with Crippen LogP contribution in [0.3, 0.4) is 0 Å². The summed E-state index contributed by atoms with van der Waals surface area (Å²) in [6.45, 7) is 3.43.